The number of unbranched alkanes of at least 4 members (excludes halogenated alkanes) is 1. The van der Waals surface area contributed by atoms with E-state index in [0.717, 1.165) is 63.3 Å². The number of amides is 4. The molecule has 4 aliphatic rings. The number of nitrogens with zero attached hydrogens (tertiary/aromatic N) is 3. The summed E-state index contributed by atoms with van der Waals surface area (Å²) < 4.78 is 5.96. The van der Waals surface area contributed by atoms with Gasteiger partial charge in [0.25, 0.3) is 11.8 Å². The lowest BCUT2D eigenvalue weighted by Crippen LogP contribution is -2.54. The Morgan fingerprint density at radius 3 is 2.28 bits per heavy atom. The molecule has 0 saturated carbocycles. The van der Waals surface area contributed by atoms with Gasteiger partial charge in [-0.25, -0.2) is 0 Å². The fraction of sp³-hybridized carbons (Fsp3) is 0.349. The van der Waals surface area contributed by atoms with Crippen LogP contribution in [-0.4, -0.2) is 83.9 Å². The zero-order chi connectivity index (χ0) is 36.5. The molecule has 0 spiro atoms. The molecule has 1 unspecified atom stereocenters. The quantitative estimate of drug-likeness (QED) is 0.160. The van der Waals surface area contributed by atoms with Gasteiger partial charge in [-0.05, 0) is 109 Å². The maximum Gasteiger partial charge on any atom is 0.262 e. The van der Waals surface area contributed by atoms with Crippen LogP contribution in [0.3, 0.4) is 0 Å². The molecule has 4 aromatic rings. The summed E-state index contributed by atoms with van der Waals surface area (Å²) in [7, 11) is 0. The maximum atomic E-state index is 13.1. The molecule has 0 aromatic heterocycles. The van der Waals surface area contributed by atoms with Crippen molar-refractivity contribution in [2.24, 2.45) is 0 Å². The fourth-order valence-electron chi connectivity index (χ4n) is 8.57. The van der Waals surface area contributed by atoms with E-state index in [1.54, 1.807) is 18.2 Å². The molecule has 10 heteroatoms. The number of aromatic hydroxyl groups is 1. The average molecular weight is 713 g/mol. The largest absolute Gasteiger partial charge is 0.508 e. The number of rotatable bonds is 10. The predicted molar refractivity (Wildman–Crippen MR) is 200 cm³/mol. The molecule has 2 saturated heterocycles. The van der Waals surface area contributed by atoms with E-state index in [9.17, 15) is 24.3 Å². The van der Waals surface area contributed by atoms with Crippen molar-refractivity contribution in [2.45, 2.75) is 56.4 Å². The first-order chi connectivity index (χ1) is 25.8. The van der Waals surface area contributed by atoms with Crippen molar-refractivity contribution < 1.29 is 29.0 Å². The van der Waals surface area contributed by atoms with E-state index in [2.05, 4.69) is 75.8 Å². The van der Waals surface area contributed by atoms with Crippen LogP contribution in [0.25, 0.3) is 0 Å². The van der Waals surface area contributed by atoms with Gasteiger partial charge in [0.1, 0.15) is 17.5 Å². The molecular formula is C43H44N4O6. The first kappa shape index (κ1) is 34.6. The normalized spacial score (nSPS) is 21.7. The number of hydrogen-bond acceptors (Lipinski definition) is 8. The lowest BCUT2D eigenvalue weighted by molar-refractivity contribution is -0.136. The molecule has 53 heavy (non-hydrogen) atoms. The standard InChI is InChI=1S/C43H44N4O6/c48-32-13-16-35-30(26-32)10-15-34(28-6-2-1-3-7-28)40(35)29-8-11-31(12-9-29)46-23-21-45(22-24-46)20-4-5-25-53-33-14-17-36-37(27-33)43(52)47(42(36)51)38-18-19-39(49)44-41(38)50/h1-3,6-9,11-14,16-17,26-27,34,38,40,48H,4-5,10,15,18-25H2,(H,44,49,50)/t34-,38?,40+/m1/s1. The molecule has 4 amide bonds. The molecule has 10 nitrogen and oxygen atoms in total. The molecule has 3 atom stereocenters. The molecule has 2 fully saturated rings. The van der Waals surface area contributed by atoms with Gasteiger partial charge in [0.05, 0.1) is 17.7 Å². The van der Waals surface area contributed by atoms with Crippen molar-refractivity contribution >= 4 is 29.3 Å². The summed E-state index contributed by atoms with van der Waals surface area (Å²) in [5.74, 6) is -0.607. The highest BCUT2D eigenvalue weighted by molar-refractivity contribution is 6.23. The Morgan fingerprint density at radius 1 is 0.736 bits per heavy atom. The molecule has 3 heterocycles. The monoisotopic (exact) mass is 712 g/mol. The van der Waals surface area contributed by atoms with Crippen LogP contribution in [0.15, 0.2) is 91.0 Å². The van der Waals surface area contributed by atoms with Crippen molar-refractivity contribution in [3.05, 3.63) is 124 Å². The van der Waals surface area contributed by atoms with Crippen molar-refractivity contribution in [3.8, 4) is 11.5 Å². The molecule has 0 radical (unpaired) electrons. The number of hydrogen-bond donors (Lipinski definition) is 2. The predicted octanol–water partition coefficient (Wildman–Crippen LogP) is 5.64. The Labute approximate surface area is 309 Å². The molecule has 4 aromatic carbocycles. The Hall–Kier alpha value is -5.48. The zero-order valence-electron chi connectivity index (χ0n) is 29.7. The van der Waals surface area contributed by atoms with Crippen LogP contribution in [0.1, 0.15) is 86.9 Å². The highest BCUT2D eigenvalue weighted by atomic mass is 16.5. The second kappa shape index (κ2) is 14.9. The van der Waals surface area contributed by atoms with E-state index in [1.165, 1.54) is 27.9 Å². The van der Waals surface area contributed by atoms with Crippen LogP contribution in [0, 0.1) is 0 Å². The average Bonchev–Trinajstić information content (AvgIpc) is 3.42. The summed E-state index contributed by atoms with van der Waals surface area (Å²) in [5, 5.41) is 12.4. The first-order valence-corrected chi connectivity index (χ1v) is 18.8. The number of carbonyl (C=O) groups is 4. The van der Waals surface area contributed by atoms with E-state index >= 15 is 0 Å². The minimum atomic E-state index is -0.984. The van der Waals surface area contributed by atoms with Crippen molar-refractivity contribution in [3.63, 3.8) is 0 Å². The lowest BCUT2D eigenvalue weighted by atomic mass is 9.69. The van der Waals surface area contributed by atoms with Gasteiger partial charge in [-0.3, -0.25) is 34.3 Å². The van der Waals surface area contributed by atoms with Gasteiger partial charge >= 0.3 is 0 Å². The van der Waals surface area contributed by atoms with Crippen LogP contribution < -0.4 is 15.0 Å². The third kappa shape index (κ3) is 7.03. The SMILES string of the molecule is O=C1CCC(N2C(=O)c3ccc(OCCCCN4CCN(c5ccc([C@@H]6c7ccc(O)cc7CC[C@@H]6c6ccccc6)cc5)CC4)cc3C2=O)C(=O)N1. The van der Waals surface area contributed by atoms with Crippen molar-refractivity contribution in [1.29, 1.82) is 0 Å². The van der Waals surface area contributed by atoms with E-state index in [1.807, 2.05) is 12.1 Å². The minimum absolute atomic E-state index is 0.0860. The molecular weight excluding hydrogens is 668 g/mol. The van der Waals surface area contributed by atoms with Crippen LogP contribution in [0.2, 0.25) is 0 Å². The van der Waals surface area contributed by atoms with Gasteiger partial charge in [-0.15, -0.1) is 0 Å². The lowest BCUT2D eigenvalue weighted by Gasteiger charge is -2.37. The molecule has 1 aliphatic carbocycles. The number of imide groups is 2. The molecule has 272 valence electrons. The summed E-state index contributed by atoms with van der Waals surface area (Å²) in [5.41, 5.74) is 6.94. The van der Waals surface area contributed by atoms with Gasteiger partial charge in [-0.2, -0.15) is 0 Å². The number of benzene rings is 4. The van der Waals surface area contributed by atoms with E-state index in [-0.39, 0.29) is 29.9 Å². The van der Waals surface area contributed by atoms with E-state index in [0.29, 0.717) is 24.0 Å². The fourth-order valence-corrected chi connectivity index (χ4v) is 8.57. The third-order valence-electron chi connectivity index (χ3n) is 11.4. The smallest absolute Gasteiger partial charge is 0.262 e. The van der Waals surface area contributed by atoms with Gasteiger partial charge < -0.3 is 14.7 Å². The summed E-state index contributed by atoms with van der Waals surface area (Å²) in [4.78, 5) is 55.9. The number of aryl methyl sites for hydroxylation is 1. The highest BCUT2D eigenvalue weighted by Crippen LogP contribution is 2.47. The maximum absolute atomic E-state index is 13.1. The number of phenolic OH excluding ortho intramolecular Hbond substituents is 1. The molecule has 8 rings (SSSR count). The molecule has 0 bridgehead atoms. The van der Waals surface area contributed by atoms with Crippen LogP contribution in [0.5, 0.6) is 11.5 Å². The number of piperidine rings is 1. The Kier molecular flexibility index (Phi) is 9.71. The van der Waals surface area contributed by atoms with Crippen LogP contribution in [0.4, 0.5) is 5.69 Å². The number of fused-ring (bicyclic) bond motifs is 2. The van der Waals surface area contributed by atoms with E-state index < -0.39 is 29.7 Å². The summed E-state index contributed by atoms with van der Waals surface area (Å²) in [6, 6.07) is 29.7. The van der Waals surface area contributed by atoms with Gasteiger partial charge in [0, 0.05) is 44.2 Å². The second-order valence-corrected chi connectivity index (χ2v) is 14.5. The topological polar surface area (TPSA) is 119 Å². The number of nitrogens with one attached hydrogen (secondary N) is 1. The number of anilines is 1. The van der Waals surface area contributed by atoms with Gasteiger partial charge in [0.2, 0.25) is 11.8 Å². The second-order valence-electron chi connectivity index (χ2n) is 14.5. The zero-order valence-corrected chi connectivity index (χ0v) is 29.7. The Morgan fingerprint density at radius 2 is 1.51 bits per heavy atom. The Bertz CT molecular complexity index is 2020. The molecule has 3 aliphatic heterocycles. The summed E-state index contributed by atoms with van der Waals surface area (Å²) in [6.45, 7) is 5.37. The summed E-state index contributed by atoms with van der Waals surface area (Å²) in [6.07, 6.45) is 4.05. The van der Waals surface area contributed by atoms with Crippen LogP contribution >= 0.6 is 0 Å². The highest BCUT2D eigenvalue weighted by Gasteiger charge is 2.44. The number of phenols is 1. The van der Waals surface area contributed by atoms with Gasteiger partial charge in [0.15, 0.2) is 0 Å². The summed E-state index contributed by atoms with van der Waals surface area (Å²) >= 11 is 0. The van der Waals surface area contributed by atoms with Crippen LogP contribution in [-0.2, 0) is 16.0 Å². The third-order valence-corrected chi connectivity index (χ3v) is 11.4. The Balaban J connectivity index is 0.811. The minimum Gasteiger partial charge on any atom is -0.508 e. The van der Waals surface area contributed by atoms with E-state index in [4.69, 9.17) is 4.74 Å². The number of ether oxygens (including phenoxy) is 1. The first-order valence-electron chi connectivity index (χ1n) is 18.8. The molecule has 2 N–H and O–H groups in total. The van der Waals surface area contributed by atoms with Crippen molar-refractivity contribution in [2.75, 3.05) is 44.2 Å². The van der Waals surface area contributed by atoms with Crippen molar-refractivity contribution in [1.82, 2.24) is 15.1 Å². The van der Waals surface area contributed by atoms with Gasteiger partial charge in [-0.1, -0.05) is 48.5 Å². The number of piperazine rings is 1. The number of carbonyl (C=O) groups excluding carboxylic acids is 4.